The van der Waals surface area contributed by atoms with Gasteiger partial charge in [0, 0.05) is 20.6 Å². The Morgan fingerprint density at radius 1 is 1.06 bits per heavy atom. The lowest BCUT2D eigenvalue weighted by Crippen LogP contribution is -2.15. The first-order valence-corrected chi connectivity index (χ1v) is 7.10. The molecule has 2 aromatic carbocycles. The predicted octanol–water partition coefficient (Wildman–Crippen LogP) is 4.59. The van der Waals surface area contributed by atoms with Gasteiger partial charge >= 0.3 is 0 Å². The normalized spacial score (nSPS) is 12.4. The van der Waals surface area contributed by atoms with Gasteiger partial charge in [0.2, 0.25) is 0 Å². The highest BCUT2D eigenvalue weighted by Gasteiger charge is 2.15. The van der Waals surface area contributed by atoms with Crippen molar-refractivity contribution >= 4 is 31.9 Å². The summed E-state index contributed by atoms with van der Waals surface area (Å²) in [7, 11) is 0. The van der Waals surface area contributed by atoms with Crippen LogP contribution in [0.5, 0.6) is 0 Å². The fourth-order valence-electron chi connectivity index (χ4n) is 1.84. The van der Waals surface area contributed by atoms with Crippen LogP contribution in [-0.2, 0) is 6.42 Å². The van der Waals surface area contributed by atoms with Crippen molar-refractivity contribution in [3.8, 4) is 0 Å². The molecule has 0 saturated carbocycles. The number of halogens is 3. The van der Waals surface area contributed by atoms with Gasteiger partial charge in [-0.2, -0.15) is 0 Å². The van der Waals surface area contributed by atoms with E-state index in [1.165, 1.54) is 6.07 Å². The van der Waals surface area contributed by atoms with Crippen LogP contribution in [0.2, 0.25) is 0 Å². The Morgan fingerprint density at radius 2 is 1.72 bits per heavy atom. The van der Waals surface area contributed by atoms with Crippen molar-refractivity contribution in [2.24, 2.45) is 5.73 Å². The highest BCUT2D eigenvalue weighted by molar-refractivity contribution is 9.10. The van der Waals surface area contributed by atoms with Crippen LogP contribution in [0.25, 0.3) is 0 Å². The Labute approximate surface area is 122 Å². The molecule has 0 aliphatic rings. The summed E-state index contributed by atoms with van der Waals surface area (Å²) < 4.78 is 15.5. The molecule has 0 aliphatic carbocycles. The summed E-state index contributed by atoms with van der Waals surface area (Å²) >= 11 is 6.73. The lowest BCUT2D eigenvalue weighted by Gasteiger charge is -2.15. The summed E-state index contributed by atoms with van der Waals surface area (Å²) in [4.78, 5) is 0. The molecule has 18 heavy (non-hydrogen) atoms. The van der Waals surface area contributed by atoms with Crippen LogP contribution in [0.1, 0.15) is 17.2 Å². The molecule has 0 spiro atoms. The van der Waals surface area contributed by atoms with E-state index < -0.39 is 0 Å². The molecule has 0 heterocycles. The molecular formula is C14H12Br2FN. The first-order chi connectivity index (χ1) is 8.58. The van der Waals surface area contributed by atoms with Gasteiger partial charge in [0.15, 0.2) is 0 Å². The summed E-state index contributed by atoms with van der Waals surface area (Å²) in [5, 5.41) is 0. The monoisotopic (exact) mass is 371 g/mol. The van der Waals surface area contributed by atoms with Crippen LogP contribution < -0.4 is 5.73 Å². The van der Waals surface area contributed by atoms with E-state index in [4.69, 9.17) is 5.73 Å². The van der Waals surface area contributed by atoms with Gasteiger partial charge in [0.25, 0.3) is 0 Å². The zero-order valence-electron chi connectivity index (χ0n) is 9.54. The number of hydrogen-bond acceptors (Lipinski definition) is 1. The summed E-state index contributed by atoms with van der Waals surface area (Å²) in [6.07, 6.45) is 0.604. The van der Waals surface area contributed by atoms with E-state index in [0.29, 0.717) is 16.5 Å². The van der Waals surface area contributed by atoms with Gasteiger partial charge in [-0.15, -0.1) is 0 Å². The van der Waals surface area contributed by atoms with Crippen LogP contribution >= 0.6 is 31.9 Å². The second kappa shape index (κ2) is 5.95. The molecule has 1 unspecified atom stereocenters. The van der Waals surface area contributed by atoms with E-state index in [1.54, 1.807) is 12.1 Å². The third-order valence-electron chi connectivity index (χ3n) is 2.74. The average Bonchev–Trinajstić information content (AvgIpc) is 2.32. The molecule has 4 heteroatoms. The minimum absolute atomic E-state index is 0.269. The molecule has 2 rings (SSSR count). The minimum atomic E-state index is -0.359. The first kappa shape index (κ1) is 13.7. The van der Waals surface area contributed by atoms with E-state index in [0.717, 1.165) is 10.0 Å². The van der Waals surface area contributed by atoms with Crippen molar-refractivity contribution in [3.05, 3.63) is 68.4 Å². The highest BCUT2D eigenvalue weighted by Crippen LogP contribution is 2.27. The molecule has 0 amide bonds. The number of hydrogen-bond donors (Lipinski definition) is 1. The lowest BCUT2D eigenvalue weighted by molar-refractivity contribution is 0.578. The topological polar surface area (TPSA) is 26.0 Å². The number of rotatable bonds is 3. The Morgan fingerprint density at radius 3 is 2.33 bits per heavy atom. The quantitative estimate of drug-likeness (QED) is 0.837. The van der Waals surface area contributed by atoms with Gasteiger partial charge in [-0.1, -0.05) is 50.1 Å². The fraction of sp³-hybridized carbons (Fsp3) is 0.143. The smallest absolute Gasteiger partial charge is 0.129 e. The zero-order valence-corrected chi connectivity index (χ0v) is 12.7. The summed E-state index contributed by atoms with van der Waals surface area (Å²) in [5.41, 5.74) is 7.70. The van der Waals surface area contributed by atoms with Gasteiger partial charge in [-0.3, -0.25) is 0 Å². The van der Waals surface area contributed by atoms with E-state index in [9.17, 15) is 4.39 Å². The van der Waals surface area contributed by atoms with Crippen molar-refractivity contribution in [3.63, 3.8) is 0 Å². The summed E-state index contributed by atoms with van der Waals surface area (Å²) in [5.74, 6) is -0.269. The van der Waals surface area contributed by atoms with Crippen LogP contribution in [-0.4, -0.2) is 0 Å². The van der Waals surface area contributed by atoms with Gasteiger partial charge in [-0.05, 0) is 36.2 Å². The van der Waals surface area contributed by atoms with Crippen molar-refractivity contribution in [1.82, 2.24) is 0 Å². The van der Waals surface area contributed by atoms with E-state index >= 15 is 0 Å². The van der Waals surface area contributed by atoms with E-state index in [1.807, 2.05) is 24.3 Å². The van der Waals surface area contributed by atoms with Crippen molar-refractivity contribution in [1.29, 1.82) is 0 Å². The van der Waals surface area contributed by atoms with Crippen LogP contribution in [0.4, 0.5) is 4.39 Å². The molecule has 2 N–H and O–H groups in total. The van der Waals surface area contributed by atoms with Gasteiger partial charge in [0.1, 0.15) is 5.82 Å². The molecule has 0 aliphatic heterocycles. The van der Waals surface area contributed by atoms with Crippen molar-refractivity contribution in [2.45, 2.75) is 12.5 Å². The average molecular weight is 373 g/mol. The minimum Gasteiger partial charge on any atom is -0.324 e. The summed E-state index contributed by atoms with van der Waals surface area (Å²) in [6, 6.07) is 12.4. The molecule has 1 atom stereocenters. The maximum atomic E-state index is 13.8. The molecule has 0 saturated heterocycles. The largest absolute Gasteiger partial charge is 0.324 e. The molecule has 0 fully saturated rings. The molecular weight excluding hydrogens is 361 g/mol. The van der Waals surface area contributed by atoms with Gasteiger partial charge in [-0.25, -0.2) is 4.39 Å². The molecule has 94 valence electrons. The van der Waals surface area contributed by atoms with Gasteiger partial charge < -0.3 is 5.73 Å². The maximum absolute atomic E-state index is 13.8. The standard InChI is InChI=1S/C14H12Br2FN/c15-10-6-4-9(5-7-10)8-13(18)14-11(16)2-1-3-12(14)17/h1-7,13H,8,18H2. The SMILES string of the molecule is NC(Cc1ccc(Br)cc1)c1c(F)cccc1Br. The third kappa shape index (κ3) is 3.19. The Kier molecular flexibility index (Phi) is 4.54. The third-order valence-corrected chi connectivity index (χ3v) is 3.96. The predicted molar refractivity (Wildman–Crippen MR) is 78.9 cm³/mol. The highest BCUT2D eigenvalue weighted by atomic mass is 79.9. The Balaban J connectivity index is 2.22. The Hall–Kier alpha value is -0.710. The molecule has 1 nitrogen and oxygen atoms in total. The van der Waals surface area contributed by atoms with E-state index in [2.05, 4.69) is 31.9 Å². The molecule has 0 aromatic heterocycles. The molecule has 0 bridgehead atoms. The molecule has 0 radical (unpaired) electrons. The number of benzene rings is 2. The second-order valence-corrected chi connectivity index (χ2v) is 5.84. The van der Waals surface area contributed by atoms with Crippen LogP contribution in [0.3, 0.4) is 0 Å². The lowest BCUT2D eigenvalue weighted by atomic mass is 9.99. The zero-order chi connectivity index (χ0) is 13.1. The van der Waals surface area contributed by atoms with E-state index in [-0.39, 0.29) is 11.9 Å². The fourth-order valence-corrected chi connectivity index (χ4v) is 2.74. The van der Waals surface area contributed by atoms with Gasteiger partial charge in [0.05, 0.1) is 0 Å². The maximum Gasteiger partial charge on any atom is 0.129 e. The summed E-state index contributed by atoms with van der Waals surface area (Å²) in [6.45, 7) is 0. The van der Waals surface area contributed by atoms with Crippen molar-refractivity contribution < 1.29 is 4.39 Å². The van der Waals surface area contributed by atoms with Crippen LogP contribution in [0, 0.1) is 5.82 Å². The second-order valence-electron chi connectivity index (χ2n) is 4.07. The first-order valence-electron chi connectivity index (χ1n) is 5.52. The Bertz CT molecular complexity index is 520. The van der Waals surface area contributed by atoms with Crippen LogP contribution in [0.15, 0.2) is 51.4 Å². The molecule has 2 aromatic rings. The van der Waals surface area contributed by atoms with Crippen molar-refractivity contribution in [2.75, 3.05) is 0 Å². The number of nitrogens with two attached hydrogens (primary N) is 1.